The van der Waals surface area contributed by atoms with E-state index in [4.69, 9.17) is 4.65 Å². The standard InChI is InChI=1S/C9H20BIO/c1-8(2,3)9(4,5)7-12-10(6)11/h7H2,1-6H3. The van der Waals surface area contributed by atoms with Crippen LogP contribution in [-0.2, 0) is 4.65 Å². The summed E-state index contributed by atoms with van der Waals surface area (Å²) in [5.41, 5.74) is 0.547. The first-order valence-electron chi connectivity index (χ1n) is 4.42. The van der Waals surface area contributed by atoms with Gasteiger partial charge in [-0.3, -0.25) is 0 Å². The minimum Gasteiger partial charge on any atom is -0.426 e. The van der Waals surface area contributed by atoms with Crippen molar-refractivity contribution in [3.8, 4) is 0 Å². The van der Waals surface area contributed by atoms with Crippen molar-refractivity contribution in [1.29, 1.82) is 0 Å². The number of rotatable bonds is 3. The molecule has 1 nitrogen and oxygen atoms in total. The molecule has 0 saturated carbocycles. The average molecular weight is 282 g/mol. The smallest absolute Gasteiger partial charge is 0.361 e. The predicted molar refractivity (Wildman–Crippen MR) is 64.8 cm³/mol. The van der Waals surface area contributed by atoms with Gasteiger partial charge in [-0.1, -0.05) is 34.6 Å². The molecule has 3 heteroatoms. The van der Waals surface area contributed by atoms with Gasteiger partial charge in [-0.15, -0.1) is 22.4 Å². The molecule has 0 saturated heterocycles. The Balaban J connectivity index is 4.05. The molecule has 0 N–H and O–H groups in total. The SMILES string of the molecule is CB(I)OCC(C)(C)C(C)(C)C. The minimum atomic E-state index is 0.242. The van der Waals surface area contributed by atoms with Crippen LogP contribution < -0.4 is 0 Å². The van der Waals surface area contributed by atoms with Crippen LogP contribution in [0.1, 0.15) is 34.6 Å². The van der Waals surface area contributed by atoms with E-state index in [2.05, 4.69) is 63.8 Å². The van der Waals surface area contributed by atoms with E-state index >= 15 is 0 Å². The predicted octanol–water partition coefficient (Wildman–Crippen LogP) is 3.63. The first kappa shape index (κ1) is 12.8. The summed E-state index contributed by atoms with van der Waals surface area (Å²) in [5.74, 6) is 0. The van der Waals surface area contributed by atoms with E-state index < -0.39 is 0 Å². The molecule has 0 radical (unpaired) electrons. The van der Waals surface area contributed by atoms with Crippen molar-refractivity contribution < 1.29 is 4.65 Å². The lowest BCUT2D eigenvalue weighted by Gasteiger charge is -2.38. The summed E-state index contributed by atoms with van der Waals surface area (Å²) < 4.78 is 5.93. The van der Waals surface area contributed by atoms with Crippen molar-refractivity contribution in [2.45, 2.75) is 41.4 Å². The molecule has 0 aromatic rings. The fraction of sp³-hybridized carbons (Fsp3) is 1.00. The Morgan fingerprint density at radius 2 is 1.58 bits per heavy atom. The Morgan fingerprint density at radius 3 is 1.83 bits per heavy atom. The van der Waals surface area contributed by atoms with Crippen LogP contribution in [0.2, 0.25) is 6.82 Å². The lowest BCUT2D eigenvalue weighted by Crippen LogP contribution is -2.35. The zero-order valence-electron chi connectivity index (χ0n) is 9.07. The lowest BCUT2D eigenvalue weighted by molar-refractivity contribution is 0.0645. The Bertz CT molecular complexity index is 138. The molecule has 0 atom stereocenters. The molecule has 0 amide bonds. The zero-order chi connectivity index (χ0) is 9.99. The van der Waals surface area contributed by atoms with Gasteiger partial charge in [0, 0.05) is 6.61 Å². The highest BCUT2D eigenvalue weighted by molar-refractivity contribution is 14.1. The Labute approximate surface area is 90.6 Å². The van der Waals surface area contributed by atoms with E-state index in [-0.39, 0.29) is 5.41 Å². The van der Waals surface area contributed by atoms with Crippen LogP contribution in [0, 0.1) is 10.8 Å². The molecule has 0 bridgehead atoms. The third kappa shape index (κ3) is 4.12. The second kappa shape index (κ2) is 4.31. The molecule has 12 heavy (non-hydrogen) atoms. The van der Waals surface area contributed by atoms with Crippen molar-refractivity contribution in [1.82, 2.24) is 0 Å². The van der Waals surface area contributed by atoms with Crippen LogP contribution in [0.5, 0.6) is 0 Å². The molecule has 0 fully saturated rings. The zero-order valence-corrected chi connectivity index (χ0v) is 11.2. The number of hydrogen-bond acceptors (Lipinski definition) is 1. The van der Waals surface area contributed by atoms with Crippen LogP contribution >= 0.6 is 22.4 Å². The van der Waals surface area contributed by atoms with E-state index in [1.54, 1.807) is 0 Å². The van der Waals surface area contributed by atoms with E-state index in [1.165, 1.54) is 0 Å². The van der Waals surface area contributed by atoms with Gasteiger partial charge in [-0.25, -0.2) is 0 Å². The molecule has 0 aromatic carbocycles. The number of halogens is 1. The Hall–Kier alpha value is 0.755. The third-order valence-corrected chi connectivity index (χ3v) is 3.06. The van der Waals surface area contributed by atoms with Crippen molar-refractivity contribution in [3.05, 3.63) is 0 Å². The van der Waals surface area contributed by atoms with E-state index in [0.717, 1.165) is 6.61 Å². The highest BCUT2D eigenvalue weighted by Gasteiger charge is 2.33. The van der Waals surface area contributed by atoms with Crippen molar-refractivity contribution in [3.63, 3.8) is 0 Å². The monoisotopic (exact) mass is 282 g/mol. The quantitative estimate of drug-likeness (QED) is 0.567. The van der Waals surface area contributed by atoms with Crippen molar-refractivity contribution >= 4 is 27.1 Å². The number of hydrogen-bond donors (Lipinski definition) is 0. The van der Waals surface area contributed by atoms with Crippen LogP contribution in [-0.4, -0.2) is 11.4 Å². The molecule has 0 heterocycles. The largest absolute Gasteiger partial charge is 0.426 e. The topological polar surface area (TPSA) is 9.23 Å². The Morgan fingerprint density at radius 1 is 1.17 bits per heavy atom. The molecule has 0 spiro atoms. The highest BCUT2D eigenvalue weighted by Crippen LogP contribution is 2.38. The Kier molecular flexibility index (Phi) is 4.58. The van der Waals surface area contributed by atoms with Gasteiger partial charge in [0.05, 0.1) is 0 Å². The van der Waals surface area contributed by atoms with Gasteiger partial charge in [-0.2, -0.15) is 0 Å². The van der Waals surface area contributed by atoms with Crippen LogP contribution in [0.3, 0.4) is 0 Å². The van der Waals surface area contributed by atoms with Gasteiger partial charge in [0.1, 0.15) is 0 Å². The molecular weight excluding hydrogens is 262 g/mol. The molecular formula is C9H20BIO. The lowest BCUT2D eigenvalue weighted by atomic mass is 9.70. The summed E-state index contributed by atoms with van der Waals surface area (Å²) in [6.45, 7) is 14.2. The van der Waals surface area contributed by atoms with Gasteiger partial charge in [0.25, 0.3) is 0 Å². The first-order valence-corrected chi connectivity index (χ1v) is 5.67. The maximum absolute atomic E-state index is 5.62. The van der Waals surface area contributed by atoms with E-state index in [9.17, 15) is 0 Å². The van der Waals surface area contributed by atoms with E-state index in [0.29, 0.717) is 10.2 Å². The minimum absolute atomic E-state index is 0.242. The van der Waals surface area contributed by atoms with Gasteiger partial charge in [0.15, 0.2) is 0 Å². The summed E-state index contributed by atoms with van der Waals surface area (Å²) in [6, 6.07) is 0. The highest BCUT2D eigenvalue weighted by atomic mass is 127. The molecule has 0 rings (SSSR count). The molecule has 72 valence electrons. The second-order valence-electron chi connectivity index (χ2n) is 4.99. The van der Waals surface area contributed by atoms with E-state index in [1.807, 2.05) is 0 Å². The summed E-state index contributed by atoms with van der Waals surface area (Å²) >= 11 is 2.29. The third-order valence-electron chi connectivity index (χ3n) is 2.70. The van der Waals surface area contributed by atoms with Crippen molar-refractivity contribution in [2.75, 3.05) is 6.61 Å². The van der Waals surface area contributed by atoms with Crippen LogP contribution in [0.15, 0.2) is 0 Å². The summed E-state index contributed by atoms with van der Waals surface area (Å²) in [7, 11) is 0. The second-order valence-corrected chi connectivity index (χ2v) is 6.74. The fourth-order valence-electron chi connectivity index (χ4n) is 0.540. The molecule has 0 aliphatic carbocycles. The summed E-state index contributed by atoms with van der Waals surface area (Å²) in [5, 5.41) is 0. The summed E-state index contributed by atoms with van der Waals surface area (Å²) in [6.07, 6.45) is 0. The summed E-state index contributed by atoms with van der Waals surface area (Å²) in [4.78, 5) is 0. The molecule has 0 unspecified atom stereocenters. The normalized spacial score (nSPS) is 13.2. The molecule has 0 aliphatic rings. The van der Waals surface area contributed by atoms with Crippen molar-refractivity contribution in [2.24, 2.45) is 10.8 Å². The van der Waals surface area contributed by atoms with Gasteiger partial charge in [-0.05, 0) is 17.7 Å². The maximum Gasteiger partial charge on any atom is 0.361 e. The van der Waals surface area contributed by atoms with Crippen LogP contribution in [0.4, 0.5) is 0 Å². The van der Waals surface area contributed by atoms with Gasteiger partial charge >= 0.3 is 4.77 Å². The molecule has 0 aliphatic heterocycles. The van der Waals surface area contributed by atoms with Gasteiger partial charge < -0.3 is 4.65 Å². The fourth-order valence-corrected chi connectivity index (χ4v) is 0.719. The van der Waals surface area contributed by atoms with Gasteiger partial charge in [0.2, 0.25) is 0 Å². The molecule has 0 aromatic heterocycles. The van der Waals surface area contributed by atoms with Crippen LogP contribution in [0.25, 0.3) is 0 Å². The first-order chi connectivity index (χ1) is 5.17. The maximum atomic E-state index is 5.62. The average Bonchev–Trinajstić information content (AvgIpc) is 1.81.